The summed E-state index contributed by atoms with van der Waals surface area (Å²) in [6.07, 6.45) is 1.29. The molecule has 8 heteroatoms. The minimum Gasteiger partial charge on any atom is -0.479 e. The molecule has 0 saturated carbocycles. The van der Waals surface area contributed by atoms with Crippen molar-refractivity contribution in [3.8, 4) is 11.9 Å². The fourth-order valence-electron chi connectivity index (χ4n) is 1.66. The van der Waals surface area contributed by atoms with Gasteiger partial charge in [-0.1, -0.05) is 12.1 Å². The van der Waals surface area contributed by atoms with E-state index < -0.39 is 10.0 Å². The molecule has 0 amide bonds. The zero-order valence-corrected chi connectivity index (χ0v) is 12.6. The Balaban J connectivity index is 2.37. The van der Waals surface area contributed by atoms with E-state index in [9.17, 15) is 8.42 Å². The molecule has 0 atom stereocenters. The number of anilines is 1. The van der Waals surface area contributed by atoms with Gasteiger partial charge in [-0.05, 0) is 24.6 Å². The van der Waals surface area contributed by atoms with Crippen LogP contribution in [0.2, 0.25) is 0 Å². The van der Waals surface area contributed by atoms with Crippen LogP contribution >= 0.6 is 0 Å². The average Bonchev–Trinajstić information content (AvgIpc) is 2.47. The Labute approximate surface area is 123 Å². The zero-order chi connectivity index (χ0) is 15.5. The van der Waals surface area contributed by atoms with Crippen molar-refractivity contribution in [3.63, 3.8) is 0 Å². The number of ether oxygens (including phenoxy) is 2. The van der Waals surface area contributed by atoms with Crippen LogP contribution in [0.1, 0.15) is 5.56 Å². The molecule has 7 nitrogen and oxygen atoms in total. The lowest BCUT2D eigenvalue weighted by molar-refractivity contribution is 0.353. The summed E-state index contributed by atoms with van der Waals surface area (Å²) in [6, 6.07) is 6.65. The molecule has 0 aliphatic rings. The fourth-order valence-corrected chi connectivity index (χ4v) is 2.81. The number of hydrogen-bond donors (Lipinski definition) is 1. The van der Waals surface area contributed by atoms with Crippen molar-refractivity contribution in [2.45, 2.75) is 11.8 Å². The fraction of sp³-hybridized carbons (Fsp3) is 0.231. The predicted octanol–water partition coefficient (Wildman–Crippen LogP) is 1.60. The van der Waals surface area contributed by atoms with Crippen LogP contribution in [0, 0.1) is 6.92 Å². The number of sulfonamides is 1. The maximum atomic E-state index is 12.3. The summed E-state index contributed by atoms with van der Waals surface area (Å²) in [5, 5.41) is 0. The van der Waals surface area contributed by atoms with E-state index >= 15 is 0 Å². The summed E-state index contributed by atoms with van der Waals surface area (Å²) in [5.41, 5.74) is 0.982. The molecule has 0 fully saturated rings. The standard InChI is InChI=1S/C13H15N3O4S/c1-9-5-4-6-10(7-9)21(17,18)16-11-8-14-13(20-3)15-12(11)19-2/h4-8,16H,1-3H3. The normalized spacial score (nSPS) is 11.0. The lowest BCUT2D eigenvalue weighted by Crippen LogP contribution is -2.14. The molecule has 1 aromatic carbocycles. The zero-order valence-electron chi connectivity index (χ0n) is 11.8. The first-order chi connectivity index (χ1) is 9.96. The van der Waals surface area contributed by atoms with Crippen LogP contribution in [-0.2, 0) is 10.0 Å². The van der Waals surface area contributed by atoms with E-state index in [-0.39, 0.29) is 22.5 Å². The lowest BCUT2D eigenvalue weighted by atomic mass is 10.2. The number of aryl methyl sites for hydroxylation is 1. The third-order valence-corrected chi connectivity index (χ3v) is 4.01. The second-order valence-corrected chi connectivity index (χ2v) is 5.88. The number of nitrogens with one attached hydrogen (secondary N) is 1. The Bertz CT molecular complexity index is 747. The molecule has 0 saturated heterocycles. The first kappa shape index (κ1) is 15.0. The number of nitrogens with zero attached hydrogens (tertiary/aromatic N) is 2. The first-order valence-corrected chi connectivity index (χ1v) is 7.49. The average molecular weight is 309 g/mol. The smallest absolute Gasteiger partial charge is 0.319 e. The second kappa shape index (κ2) is 5.96. The van der Waals surface area contributed by atoms with Crippen LogP contribution < -0.4 is 14.2 Å². The van der Waals surface area contributed by atoms with E-state index in [1.807, 2.05) is 13.0 Å². The van der Waals surface area contributed by atoms with Crippen molar-refractivity contribution in [3.05, 3.63) is 36.0 Å². The predicted molar refractivity (Wildman–Crippen MR) is 77.1 cm³/mol. The Morgan fingerprint density at radius 1 is 1.19 bits per heavy atom. The van der Waals surface area contributed by atoms with Gasteiger partial charge < -0.3 is 9.47 Å². The van der Waals surface area contributed by atoms with Crippen molar-refractivity contribution in [2.24, 2.45) is 0 Å². The molecule has 0 unspecified atom stereocenters. The number of aromatic nitrogens is 2. The highest BCUT2D eigenvalue weighted by Crippen LogP contribution is 2.25. The van der Waals surface area contributed by atoms with E-state index in [4.69, 9.17) is 9.47 Å². The molecular formula is C13H15N3O4S. The van der Waals surface area contributed by atoms with Crippen molar-refractivity contribution in [2.75, 3.05) is 18.9 Å². The van der Waals surface area contributed by atoms with E-state index in [1.54, 1.807) is 12.1 Å². The topological polar surface area (TPSA) is 90.4 Å². The van der Waals surface area contributed by atoms with Crippen LogP contribution in [0.3, 0.4) is 0 Å². The maximum absolute atomic E-state index is 12.3. The molecule has 1 N–H and O–H groups in total. The summed E-state index contributed by atoms with van der Waals surface area (Å²) in [7, 11) is -0.950. The third-order valence-electron chi connectivity index (χ3n) is 2.65. The van der Waals surface area contributed by atoms with E-state index in [0.717, 1.165) is 5.56 Å². The Hall–Kier alpha value is -2.35. The van der Waals surface area contributed by atoms with E-state index in [0.29, 0.717) is 0 Å². The SMILES string of the molecule is COc1ncc(NS(=O)(=O)c2cccc(C)c2)c(OC)n1. The Kier molecular flexibility index (Phi) is 4.27. The first-order valence-electron chi connectivity index (χ1n) is 6.01. The van der Waals surface area contributed by atoms with Gasteiger partial charge in [-0.2, -0.15) is 4.98 Å². The van der Waals surface area contributed by atoms with Gasteiger partial charge in [0, 0.05) is 0 Å². The third kappa shape index (κ3) is 3.40. The molecule has 1 aromatic heterocycles. The molecule has 0 aliphatic carbocycles. The van der Waals surface area contributed by atoms with Crippen molar-refractivity contribution in [1.82, 2.24) is 9.97 Å². The summed E-state index contributed by atoms with van der Waals surface area (Å²) >= 11 is 0. The Morgan fingerprint density at radius 3 is 2.57 bits per heavy atom. The second-order valence-electron chi connectivity index (χ2n) is 4.20. The summed E-state index contributed by atoms with van der Waals surface area (Å²) in [5.74, 6) is 0.0816. The number of rotatable bonds is 5. The monoisotopic (exact) mass is 309 g/mol. The van der Waals surface area contributed by atoms with Gasteiger partial charge in [-0.25, -0.2) is 13.4 Å². The van der Waals surface area contributed by atoms with Gasteiger partial charge in [0.05, 0.1) is 25.3 Å². The number of methoxy groups -OCH3 is 2. The molecule has 21 heavy (non-hydrogen) atoms. The van der Waals surface area contributed by atoms with Gasteiger partial charge in [-0.15, -0.1) is 0 Å². The van der Waals surface area contributed by atoms with Gasteiger partial charge in [-0.3, -0.25) is 4.72 Å². The molecule has 112 valence electrons. The summed E-state index contributed by atoms with van der Waals surface area (Å²) in [6.45, 7) is 1.82. The van der Waals surface area contributed by atoms with Gasteiger partial charge in [0.25, 0.3) is 10.0 Å². The lowest BCUT2D eigenvalue weighted by Gasteiger charge is -2.11. The number of benzene rings is 1. The largest absolute Gasteiger partial charge is 0.479 e. The van der Waals surface area contributed by atoms with Gasteiger partial charge >= 0.3 is 6.01 Å². The highest BCUT2D eigenvalue weighted by molar-refractivity contribution is 7.92. The summed E-state index contributed by atoms with van der Waals surface area (Å²) < 4.78 is 36.9. The molecule has 0 spiro atoms. The van der Waals surface area contributed by atoms with Crippen molar-refractivity contribution < 1.29 is 17.9 Å². The molecule has 0 aliphatic heterocycles. The highest BCUT2D eigenvalue weighted by atomic mass is 32.2. The van der Waals surface area contributed by atoms with E-state index in [1.165, 1.54) is 26.5 Å². The van der Waals surface area contributed by atoms with E-state index in [2.05, 4.69) is 14.7 Å². The van der Waals surface area contributed by atoms with Crippen LogP contribution in [0.15, 0.2) is 35.4 Å². The molecule has 2 rings (SSSR count). The molecule has 0 bridgehead atoms. The minimum atomic E-state index is -3.74. The van der Waals surface area contributed by atoms with Gasteiger partial charge in [0.15, 0.2) is 0 Å². The van der Waals surface area contributed by atoms with Gasteiger partial charge in [0.2, 0.25) is 5.88 Å². The van der Waals surface area contributed by atoms with Crippen molar-refractivity contribution >= 4 is 15.7 Å². The summed E-state index contributed by atoms with van der Waals surface area (Å²) in [4.78, 5) is 7.94. The molecule has 0 radical (unpaired) electrons. The molecule has 1 heterocycles. The van der Waals surface area contributed by atoms with Crippen LogP contribution in [-0.4, -0.2) is 32.6 Å². The van der Waals surface area contributed by atoms with Crippen LogP contribution in [0.5, 0.6) is 11.9 Å². The molecule has 2 aromatic rings. The minimum absolute atomic E-state index is 0.0816. The quantitative estimate of drug-likeness (QED) is 0.902. The highest BCUT2D eigenvalue weighted by Gasteiger charge is 2.18. The van der Waals surface area contributed by atoms with Crippen molar-refractivity contribution in [1.29, 1.82) is 0 Å². The Morgan fingerprint density at radius 2 is 1.95 bits per heavy atom. The van der Waals surface area contributed by atoms with Crippen LogP contribution in [0.25, 0.3) is 0 Å². The van der Waals surface area contributed by atoms with Gasteiger partial charge in [0.1, 0.15) is 5.69 Å². The number of hydrogen-bond acceptors (Lipinski definition) is 6. The molecular weight excluding hydrogens is 294 g/mol. The van der Waals surface area contributed by atoms with Crippen LogP contribution in [0.4, 0.5) is 5.69 Å². The maximum Gasteiger partial charge on any atom is 0.319 e.